The predicted molar refractivity (Wildman–Crippen MR) is 239 cm³/mol. The Bertz CT molecular complexity index is 2190. The number of benzene rings is 6. The molecular formula is C53H53NO4. The van der Waals surface area contributed by atoms with Crippen LogP contribution in [0.2, 0.25) is 0 Å². The minimum absolute atomic E-state index is 0.449. The van der Waals surface area contributed by atoms with Gasteiger partial charge in [-0.3, -0.25) is 0 Å². The lowest BCUT2D eigenvalue weighted by molar-refractivity contribution is 0.0273. The number of rotatable bonds is 17. The van der Waals surface area contributed by atoms with E-state index in [1.165, 1.54) is 55.7 Å². The average Bonchev–Trinajstić information content (AvgIpc) is 3.51. The average molecular weight is 768 g/mol. The van der Waals surface area contributed by atoms with Gasteiger partial charge in [0.2, 0.25) is 0 Å². The Kier molecular flexibility index (Phi) is 13.4. The molecule has 2 N–H and O–H groups in total. The van der Waals surface area contributed by atoms with Gasteiger partial charge in [-0.2, -0.15) is 0 Å². The third-order valence-electron chi connectivity index (χ3n) is 10.7. The van der Waals surface area contributed by atoms with E-state index in [-0.39, 0.29) is 0 Å². The molecule has 5 nitrogen and oxygen atoms in total. The molecule has 5 heteroatoms. The van der Waals surface area contributed by atoms with Crippen molar-refractivity contribution in [1.82, 2.24) is 0 Å². The van der Waals surface area contributed by atoms with Crippen molar-refractivity contribution in [2.75, 3.05) is 45.4 Å². The molecule has 0 spiro atoms. The van der Waals surface area contributed by atoms with E-state index in [4.69, 9.17) is 24.7 Å². The zero-order valence-corrected chi connectivity index (χ0v) is 33.8. The summed E-state index contributed by atoms with van der Waals surface area (Å²) < 4.78 is 23.6. The molecule has 1 aliphatic carbocycles. The second kappa shape index (κ2) is 19.3. The first kappa shape index (κ1) is 40.1. The van der Waals surface area contributed by atoms with Crippen molar-refractivity contribution < 1.29 is 18.9 Å². The number of ether oxygens (including phenoxy) is 4. The molecule has 0 saturated carbocycles. The molecule has 0 fully saturated rings. The highest BCUT2D eigenvalue weighted by Gasteiger charge is 2.38. The van der Waals surface area contributed by atoms with E-state index < -0.39 is 5.41 Å². The first-order valence-corrected chi connectivity index (χ1v) is 20.2. The molecule has 294 valence electrons. The fraction of sp³-hybridized carbons (Fsp3) is 0.208. The van der Waals surface area contributed by atoms with Gasteiger partial charge in [0.05, 0.1) is 31.8 Å². The first-order valence-electron chi connectivity index (χ1n) is 20.2. The Morgan fingerprint density at radius 3 is 1.31 bits per heavy atom. The molecule has 0 bridgehead atoms. The molecule has 0 unspecified atom stereocenters. The van der Waals surface area contributed by atoms with E-state index in [2.05, 4.69) is 166 Å². The smallest absolute Gasteiger partial charge is 0.119 e. The van der Waals surface area contributed by atoms with Gasteiger partial charge in [-0.25, -0.2) is 0 Å². The Morgan fingerprint density at radius 1 is 0.448 bits per heavy atom. The topological polar surface area (TPSA) is 62.9 Å². The third kappa shape index (κ3) is 9.86. The maximum absolute atomic E-state index is 6.11. The maximum atomic E-state index is 6.11. The van der Waals surface area contributed by atoms with Gasteiger partial charge >= 0.3 is 0 Å². The summed E-state index contributed by atoms with van der Waals surface area (Å²) in [6.07, 6.45) is 9.59. The summed E-state index contributed by atoms with van der Waals surface area (Å²) in [5.41, 5.74) is 19.4. The van der Waals surface area contributed by atoms with Gasteiger partial charge in [0.1, 0.15) is 24.7 Å². The largest absolute Gasteiger partial charge is 0.491 e. The van der Waals surface area contributed by atoms with Crippen molar-refractivity contribution in [3.05, 3.63) is 220 Å². The molecule has 58 heavy (non-hydrogen) atoms. The van der Waals surface area contributed by atoms with Crippen molar-refractivity contribution in [1.29, 1.82) is 0 Å². The highest BCUT2D eigenvalue weighted by molar-refractivity contribution is 5.81. The van der Waals surface area contributed by atoms with E-state index in [1.54, 1.807) is 0 Å². The predicted octanol–water partition coefficient (Wildman–Crippen LogP) is 11.5. The molecule has 0 saturated heterocycles. The van der Waals surface area contributed by atoms with E-state index in [1.807, 2.05) is 24.3 Å². The lowest BCUT2D eigenvalue weighted by Gasteiger charge is -2.37. The SMILES string of the molecule is Cc1ccc(C(c2ccc(C)cc2)(c2ccc(C)cc2)c2ccc(OCCOCCOCCOc3ccc(C4=CC=C(c5ccc(N)cc5)C=CC4)cc3)cc2)cc1. The molecule has 6 aromatic carbocycles. The summed E-state index contributed by atoms with van der Waals surface area (Å²) in [4.78, 5) is 0. The van der Waals surface area contributed by atoms with E-state index in [9.17, 15) is 0 Å². The van der Waals surface area contributed by atoms with Gasteiger partial charge in [-0.1, -0.05) is 150 Å². The number of aryl methyl sites for hydroxylation is 3. The molecule has 0 aliphatic heterocycles. The molecule has 0 heterocycles. The van der Waals surface area contributed by atoms with Crippen LogP contribution >= 0.6 is 0 Å². The summed E-state index contributed by atoms with van der Waals surface area (Å²) >= 11 is 0. The minimum Gasteiger partial charge on any atom is -0.491 e. The summed E-state index contributed by atoms with van der Waals surface area (Å²) in [5, 5.41) is 0. The van der Waals surface area contributed by atoms with E-state index in [0.717, 1.165) is 29.2 Å². The van der Waals surface area contributed by atoms with E-state index >= 15 is 0 Å². The van der Waals surface area contributed by atoms with Crippen LogP contribution in [0.5, 0.6) is 11.5 Å². The quantitative estimate of drug-likeness (QED) is 0.0569. The van der Waals surface area contributed by atoms with Crippen molar-refractivity contribution in [2.45, 2.75) is 32.6 Å². The summed E-state index contributed by atoms with van der Waals surface area (Å²) in [7, 11) is 0. The molecule has 0 radical (unpaired) electrons. The fourth-order valence-corrected chi connectivity index (χ4v) is 7.44. The maximum Gasteiger partial charge on any atom is 0.119 e. The fourth-order valence-electron chi connectivity index (χ4n) is 7.44. The van der Waals surface area contributed by atoms with Gasteiger partial charge in [-0.15, -0.1) is 0 Å². The Labute approximate surface area is 344 Å². The lowest BCUT2D eigenvalue weighted by atomic mass is 9.65. The monoisotopic (exact) mass is 767 g/mol. The summed E-state index contributed by atoms with van der Waals surface area (Å²) in [6.45, 7) is 9.25. The Morgan fingerprint density at radius 2 is 0.845 bits per heavy atom. The van der Waals surface area contributed by atoms with Gasteiger partial charge in [0, 0.05) is 5.69 Å². The number of allylic oxidation sites excluding steroid dienone is 6. The number of nitrogens with two attached hydrogens (primary N) is 1. The van der Waals surface area contributed by atoms with Crippen LogP contribution in [0.25, 0.3) is 11.1 Å². The zero-order chi connectivity index (χ0) is 40.2. The van der Waals surface area contributed by atoms with Crippen LogP contribution < -0.4 is 15.2 Å². The van der Waals surface area contributed by atoms with Gasteiger partial charge in [0.25, 0.3) is 0 Å². The first-order chi connectivity index (χ1) is 28.4. The van der Waals surface area contributed by atoms with Crippen LogP contribution in [-0.2, 0) is 14.9 Å². The number of hydrogen-bond donors (Lipinski definition) is 1. The number of hydrogen-bond acceptors (Lipinski definition) is 5. The number of anilines is 1. The van der Waals surface area contributed by atoms with Crippen LogP contribution in [-0.4, -0.2) is 39.6 Å². The van der Waals surface area contributed by atoms with E-state index in [0.29, 0.717) is 39.6 Å². The van der Waals surface area contributed by atoms with Crippen LogP contribution in [0.3, 0.4) is 0 Å². The molecule has 1 aliphatic rings. The lowest BCUT2D eigenvalue weighted by Crippen LogP contribution is -2.31. The van der Waals surface area contributed by atoms with Crippen molar-refractivity contribution in [3.63, 3.8) is 0 Å². The number of nitrogen functional groups attached to an aromatic ring is 1. The van der Waals surface area contributed by atoms with Crippen molar-refractivity contribution in [2.24, 2.45) is 0 Å². The van der Waals surface area contributed by atoms with Crippen LogP contribution in [0, 0.1) is 20.8 Å². The normalized spacial score (nSPS) is 12.7. The molecule has 0 aromatic heterocycles. The van der Waals surface area contributed by atoms with Crippen LogP contribution in [0.1, 0.15) is 56.5 Å². The highest BCUT2D eigenvalue weighted by atomic mass is 16.6. The van der Waals surface area contributed by atoms with Gasteiger partial charge < -0.3 is 24.7 Å². The van der Waals surface area contributed by atoms with Crippen molar-refractivity contribution >= 4 is 16.8 Å². The van der Waals surface area contributed by atoms with Crippen LogP contribution in [0.15, 0.2) is 170 Å². The minimum atomic E-state index is -0.500. The Hall–Kier alpha value is -6.14. The standard InChI is InChI=1S/C53H53NO4/c1-39-7-19-46(20-8-39)53(47-21-9-40(2)10-22-47,48-23-11-41(3)12-24-48)49-25-31-52(32-26-49)58-38-36-56-34-33-55-35-37-57-51-29-17-45(18-30-51)43-6-4-5-42(13-14-43)44-15-27-50(54)28-16-44/h4-5,7-32H,6,33-38,54H2,1-3H3. The Balaban J connectivity index is 0.858. The third-order valence-corrected chi connectivity index (χ3v) is 10.7. The van der Waals surface area contributed by atoms with Gasteiger partial charge in [0.15, 0.2) is 0 Å². The molecular weight excluding hydrogens is 715 g/mol. The second-order valence-electron chi connectivity index (χ2n) is 14.9. The van der Waals surface area contributed by atoms with Gasteiger partial charge in [-0.05, 0) is 108 Å². The molecule has 7 rings (SSSR count). The molecule has 0 atom stereocenters. The second-order valence-corrected chi connectivity index (χ2v) is 14.9. The zero-order valence-electron chi connectivity index (χ0n) is 33.8. The highest BCUT2D eigenvalue weighted by Crippen LogP contribution is 2.45. The van der Waals surface area contributed by atoms with Crippen LogP contribution in [0.4, 0.5) is 5.69 Å². The summed E-state index contributed by atoms with van der Waals surface area (Å²) in [6, 6.07) is 51.6. The molecule has 0 amide bonds. The summed E-state index contributed by atoms with van der Waals surface area (Å²) in [5.74, 6) is 1.63. The van der Waals surface area contributed by atoms with Crippen molar-refractivity contribution in [3.8, 4) is 11.5 Å². The molecule has 6 aromatic rings.